The van der Waals surface area contributed by atoms with E-state index in [2.05, 4.69) is 21.8 Å². The summed E-state index contributed by atoms with van der Waals surface area (Å²) < 4.78 is 5.33. The van der Waals surface area contributed by atoms with Crippen LogP contribution in [0.3, 0.4) is 0 Å². The number of hydrogen-bond acceptors (Lipinski definition) is 3. The first-order valence-corrected chi connectivity index (χ1v) is 7.06. The van der Waals surface area contributed by atoms with Gasteiger partial charge < -0.3 is 15.0 Å². The average Bonchev–Trinajstić information content (AvgIpc) is 2.53. The zero-order valence-corrected chi connectivity index (χ0v) is 12.2. The molecule has 0 atom stereocenters. The first kappa shape index (κ1) is 14.7. The Kier molecular flexibility index (Phi) is 5.70. The van der Waals surface area contributed by atoms with E-state index in [9.17, 15) is 0 Å². The van der Waals surface area contributed by atoms with Crippen LogP contribution in [0.2, 0.25) is 0 Å². The monoisotopic (exact) mass is 289 g/mol. The molecule has 1 heterocycles. The van der Waals surface area contributed by atoms with E-state index in [1.807, 2.05) is 30.3 Å². The Morgan fingerprint density at radius 2 is 2.05 bits per heavy atom. The van der Waals surface area contributed by atoms with Crippen molar-refractivity contribution in [3.05, 3.63) is 48.6 Å². The lowest BCUT2D eigenvalue weighted by Crippen LogP contribution is -2.48. The van der Waals surface area contributed by atoms with Gasteiger partial charge in [-0.05, 0) is 12.2 Å². The molecular formula is C15H19N3OS. The van der Waals surface area contributed by atoms with Gasteiger partial charge in [0, 0.05) is 18.7 Å². The maximum Gasteiger partial charge on any atom is 0.174 e. The molecule has 0 spiro atoms. The molecule has 0 aromatic heterocycles. The highest BCUT2D eigenvalue weighted by Crippen LogP contribution is 2.03. The van der Waals surface area contributed by atoms with Gasteiger partial charge in [-0.25, -0.2) is 0 Å². The molecule has 1 saturated heterocycles. The molecule has 5 heteroatoms. The van der Waals surface area contributed by atoms with Crippen LogP contribution in [0.1, 0.15) is 5.56 Å². The molecule has 0 bridgehead atoms. The highest BCUT2D eigenvalue weighted by atomic mass is 32.1. The normalized spacial score (nSPS) is 15.8. The summed E-state index contributed by atoms with van der Waals surface area (Å²) in [6.45, 7) is 7.32. The van der Waals surface area contributed by atoms with Crippen LogP contribution < -0.4 is 5.32 Å². The molecule has 1 aromatic carbocycles. The van der Waals surface area contributed by atoms with Crippen molar-refractivity contribution in [2.75, 3.05) is 32.8 Å². The Morgan fingerprint density at radius 3 is 2.70 bits per heavy atom. The van der Waals surface area contributed by atoms with E-state index in [0.717, 1.165) is 24.5 Å². The molecule has 106 valence electrons. The summed E-state index contributed by atoms with van der Waals surface area (Å²) in [6, 6.07) is 9.97. The third-order valence-electron chi connectivity index (χ3n) is 2.95. The molecule has 1 aliphatic heterocycles. The smallest absolute Gasteiger partial charge is 0.174 e. The molecule has 1 fully saturated rings. The van der Waals surface area contributed by atoms with Gasteiger partial charge in [0.05, 0.1) is 19.8 Å². The fourth-order valence-electron chi connectivity index (χ4n) is 1.90. The first-order chi connectivity index (χ1) is 9.81. The third kappa shape index (κ3) is 4.15. The zero-order valence-electron chi connectivity index (χ0n) is 11.4. The van der Waals surface area contributed by atoms with Crippen molar-refractivity contribution >= 4 is 23.2 Å². The van der Waals surface area contributed by atoms with E-state index in [1.54, 1.807) is 6.08 Å². The number of thiocarbonyl (C=S) groups is 1. The second kappa shape index (κ2) is 7.77. The number of aliphatic imine (C=N–C) groups is 1. The minimum atomic E-state index is 0.558. The minimum Gasteiger partial charge on any atom is -0.378 e. The van der Waals surface area contributed by atoms with Crippen molar-refractivity contribution in [2.24, 2.45) is 4.99 Å². The molecule has 0 saturated carbocycles. The van der Waals surface area contributed by atoms with Crippen molar-refractivity contribution in [1.29, 1.82) is 0 Å². The summed E-state index contributed by atoms with van der Waals surface area (Å²) in [5.41, 5.74) is 1.02. The fraction of sp³-hybridized carbons (Fsp3) is 0.333. The number of rotatable bonds is 3. The number of benzene rings is 1. The molecule has 4 nitrogen and oxygen atoms in total. The lowest BCUT2D eigenvalue weighted by atomic mass is 10.2. The van der Waals surface area contributed by atoms with Crippen molar-refractivity contribution < 1.29 is 4.74 Å². The molecule has 0 unspecified atom stereocenters. The maximum absolute atomic E-state index is 5.45. The van der Waals surface area contributed by atoms with Gasteiger partial charge in [0.2, 0.25) is 0 Å². The van der Waals surface area contributed by atoms with Crippen molar-refractivity contribution in [1.82, 2.24) is 10.2 Å². The lowest BCUT2D eigenvalue weighted by molar-refractivity contribution is 0.0681. The largest absolute Gasteiger partial charge is 0.378 e. The van der Waals surface area contributed by atoms with Crippen LogP contribution in [0.25, 0.3) is 0 Å². The van der Waals surface area contributed by atoms with Crippen molar-refractivity contribution in [3.63, 3.8) is 0 Å². The van der Waals surface area contributed by atoms with E-state index in [4.69, 9.17) is 17.0 Å². The molecule has 0 radical (unpaired) electrons. The van der Waals surface area contributed by atoms with Crippen LogP contribution in [0.5, 0.6) is 0 Å². The molecular weight excluding hydrogens is 270 g/mol. The third-order valence-corrected chi connectivity index (χ3v) is 3.31. The predicted octanol–water partition coefficient (Wildman–Crippen LogP) is 1.83. The van der Waals surface area contributed by atoms with Gasteiger partial charge in [-0.1, -0.05) is 36.4 Å². The molecule has 0 aliphatic carbocycles. The summed E-state index contributed by atoms with van der Waals surface area (Å²) in [4.78, 5) is 6.59. The van der Waals surface area contributed by atoms with Crippen LogP contribution in [-0.2, 0) is 4.74 Å². The first-order valence-electron chi connectivity index (χ1n) is 6.65. The Morgan fingerprint density at radius 1 is 1.35 bits per heavy atom. The van der Waals surface area contributed by atoms with Gasteiger partial charge in [-0.15, -0.1) is 6.58 Å². The van der Waals surface area contributed by atoms with Gasteiger partial charge in [0.25, 0.3) is 0 Å². The summed E-state index contributed by atoms with van der Waals surface area (Å²) >= 11 is 5.45. The van der Waals surface area contributed by atoms with E-state index < -0.39 is 0 Å². The van der Waals surface area contributed by atoms with Gasteiger partial charge in [0.15, 0.2) is 5.11 Å². The van der Waals surface area contributed by atoms with Crippen LogP contribution >= 0.6 is 12.2 Å². The lowest BCUT2D eigenvalue weighted by Gasteiger charge is -2.29. The summed E-state index contributed by atoms with van der Waals surface area (Å²) in [5, 5.41) is 3.94. The molecule has 0 amide bonds. The summed E-state index contributed by atoms with van der Waals surface area (Å²) in [5.74, 6) is 0.780. The second-order valence-electron chi connectivity index (χ2n) is 4.37. The number of morpholine rings is 1. The number of amidine groups is 1. The van der Waals surface area contributed by atoms with Crippen LogP contribution in [0.15, 0.2) is 48.0 Å². The molecule has 1 N–H and O–H groups in total. The average molecular weight is 289 g/mol. The van der Waals surface area contributed by atoms with Gasteiger partial charge in [0.1, 0.15) is 5.84 Å². The predicted molar refractivity (Wildman–Crippen MR) is 86.2 cm³/mol. The van der Waals surface area contributed by atoms with E-state index in [0.29, 0.717) is 24.9 Å². The quantitative estimate of drug-likeness (QED) is 0.399. The zero-order chi connectivity index (χ0) is 14.2. The second-order valence-corrected chi connectivity index (χ2v) is 4.76. The standard InChI is InChI=1S/C15H19N3OS/c1-2-8-16-14(13-6-4-3-5-7-13)17-15(20)18-9-11-19-12-10-18/h2-7H,1,8-12H2,(H,16,17,20). The Balaban J connectivity index is 2.08. The van der Waals surface area contributed by atoms with Crippen LogP contribution in [0, 0.1) is 0 Å². The topological polar surface area (TPSA) is 36.9 Å². The van der Waals surface area contributed by atoms with Crippen molar-refractivity contribution in [3.8, 4) is 0 Å². The Hall–Kier alpha value is -1.72. The molecule has 2 rings (SSSR count). The SMILES string of the molecule is C=CCN=C(NC(=S)N1CCOCC1)c1ccccc1. The minimum absolute atomic E-state index is 0.558. The van der Waals surface area contributed by atoms with Crippen molar-refractivity contribution in [2.45, 2.75) is 0 Å². The number of nitrogens with one attached hydrogen (secondary N) is 1. The Bertz CT molecular complexity index is 481. The van der Waals surface area contributed by atoms with Gasteiger partial charge >= 0.3 is 0 Å². The Labute approximate surface area is 125 Å². The summed E-state index contributed by atoms with van der Waals surface area (Å²) in [6.07, 6.45) is 1.77. The molecule has 20 heavy (non-hydrogen) atoms. The van der Waals surface area contributed by atoms with E-state index >= 15 is 0 Å². The number of nitrogens with zero attached hydrogens (tertiary/aromatic N) is 2. The fourth-order valence-corrected chi connectivity index (χ4v) is 2.18. The van der Waals surface area contributed by atoms with Crippen LogP contribution in [0.4, 0.5) is 0 Å². The number of hydrogen-bond donors (Lipinski definition) is 1. The highest BCUT2D eigenvalue weighted by Gasteiger charge is 2.15. The summed E-state index contributed by atoms with van der Waals surface area (Å²) in [7, 11) is 0. The molecule has 1 aliphatic rings. The van der Waals surface area contributed by atoms with E-state index in [-0.39, 0.29) is 0 Å². The van der Waals surface area contributed by atoms with E-state index in [1.165, 1.54) is 0 Å². The highest BCUT2D eigenvalue weighted by molar-refractivity contribution is 7.80. The molecule has 1 aromatic rings. The van der Waals surface area contributed by atoms with Gasteiger partial charge in [-0.3, -0.25) is 4.99 Å². The van der Waals surface area contributed by atoms with Gasteiger partial charge in [-0.2, -0.15) is 0 Å². The number of ether oxygens (including phenoxy) is 1. The maximum atomic E-state index is 5.45. The van der Waals surface area contributed by atoms with Crippen LogP contribution in [-0.4, -0.2) is 48.7 Å².